The van der Waals surface area contributed by atoms with Crippen molar-refractivity contribution in [3.8, 4) is 11.5 Å². The van der Waals surface area contributed by atoms with Crippen LogP contribution in [-0.2, 0) is 10.1 Å². The molecule has 0 saturated carbocycles. The predicted octanol–water partition coefficient (Wildman–Crippen LogP) is 7.47. The van der Waals surface area contributed by atoms with Gasteiger partial charge in [-0.1, -0.05) is 47.5 Å². The molecule has 3 N–H and O–H groups in total. The summed E-state index contributed by atoms with van der Waals surface area (Å²) < 4.78 is 38.5. The predicted molar refractivity (Wildman–Crippen MR) is 146 cm³/mol. The Morgan fingerprint density at radius 2 is 1.79 bits per heavy atom. The van der Waals surface area contributed by atoms with Gasteiger partial charge < -0.3 is 15.2 Å². The zero-order valence-electron chi connectivity index (χ0n) is 20.1. The third-order valence-electron chi connectivity index (χ3n) is 5.48. The Hall–Kier alpha value is -3.70. The summed E-state index contributed by atoms with van der Waals surface area (Å²) in [4.78, 5) is 12.7. The van der Waals surface area contributed by atoms with Crippen LogP contribution in [0.3, 0.4) is 0 Å². The molecular weight excluding hydrogens is 553 g/mol. The second-order valence-corrected chi connectivity index (χ2v) is 10.3. The zero-order chi connectivity index (χ0) is 27.6. The van der Waals surface area contributed by atoms with Crippen LogP contribution in [0.25, 0.3) is 10.8 Å². The molecule has 4 aromatic rings. The molecule has 4 rings (SSSR count). The third kappa shape index (κ3) is 5.73. The summed E-state index contributed by atoms with van der Waals surface area (Å²) >= 11 is 12.1. The molecular formula is C26H21Cl2N3O6S. The molecule has 0 radical (unpaired) electrons. The normalized spacial score (nSPS) is 11.7. The Morgan fingerprint density at radius 1 is 1.05 bits per heavy atom. The van der Waals surface area contributed by atoms with Gasteiger partial charge in [0.25, 0.3) is 16.0 Å². The van der Waals surface area contributed by atoms with Crippen LogP contribution in [0.2, 0.25) is 10.0 Å². The van der Waals surface area contributed by atoms with Gasteiger partial charge in [0.1, 0.15) is 16.3 Å². The van der Waals surface area contributed by atoms with Crippen molar-refractivity contribution >= 4 is 67.1 Å². The average Bonchev–Trinajstić information content (AvgIpc) is 2.86. The fourth-order valence-corrected chi connectivity index (χ4v) is 4.97. The number of nitrogens with one attached hydrogen (secondary N) is 1. The Labute approximate surface area is 228 Å². The van der Waals surface area contributed by atoms with Gasteiger partial charge in [-0.15, -0.1) is 5.11 Å². The van der Waals surface area contributed by atoms with E-state index in [1.54, 1.807) is 50.2 Å². The summed E-state index contributed by atoms with van der Waals surface area (Å²) in [6, 6.07) is 15.7. The average molecular weight is 574 g/mol. The molecule has 0 bridgehead atoms. The lowest BCUT2D eigenvalue weighted by molar-refractivity contribution is 0.102. The van der Waals surface area contributed by atoms with E-state index >= 15 is 0 Å². The molecule has 0 aliphatic heterocycles. The van der Waals surface area contributed by atoms with Gasteiger partial charge in [0.2, 0.25) is 0 Å². The second-order valence-electron chi connectivity index (χ2n) is 8.12. The van der Waals surface area contributed by atoms with Gasteiger partial charge >= 0.3 is 0 Å². The lowest BCUT2D eigenvalue weighted by Crippen LogP contribution is -2.13. The van der Waals surface area contributed by atoms with Crippen LogP contribution in [0, 0.1) is 6.92 Å². The molecule has 0 atom stereocenters. The lowest BCUT2D eigenvalue weighted by Gasteiger charge is -2.14. The van der Waals surface area contributed by atoms with Gasteiger partial charge in [-0.2, -0.15) is 13.5 Å². The van der Waals surface area contributed by atoms with E-state index in [1.165, 1.54) is 18.2 Å². The van der Waals surface area contributed by atoms with E-state index in [0.717, 1.165) is 6.07 Å². The smallest absolute Gasteiger partial charge is 0.296 e. The van der Waals surface area contributed by atoms with Crippen LogP contribution >= 0.6 is 23.2 Å². The maximum atomic E-state index is 13.3. The van der Waals surface area contributed by atoms with E-state index < -0.39 is 26.7 Å². The topological polar surface area (TPSA) is 138 Å². The lowest BCUT2D eigenvalue weighted by atomic mass is 10.0. The maximum absolute atomic E-state index is 13.3. The van der Waals surface area contributed by atoms with Crippen molar-refractivity contribution in [3.63, 3.8) is 0 Å². The minimum atomic E-state index is -4.62. The maximum Gasteiger partial charge on any atom is 0.296 e. The molecule has 0 heterocycles. The summed E-state index contributed by atoms with van der Waals surface area (Å²) in [5, 5.41) is 23.3. The molecule has 0 unspecified atom stereocenters. The summed E-state index contributed by atoms with van der Waals surface area (Å²) in [6.07, 6.45) is 0. The number of ether oxygens (including phenoxy) is 1. The number of anilines is 1. The Kier molecular flexibility index (Phi) is 7.89. The molecule has 9 nitrogen and oxygen atoms in total. The molecule has 0 spiro atoms. The van der Waals surface area contributed by atoms with Crippen LogP contribution in [0.4, 0.5) is 17.1 Å². The number of aromatic hydroxyl groups is 1. The molecule has 0 aliphatic carbocycles. The summed E-state index contributed by atoms with van der Waals surface area (Å²) in [5.74, 6) is -0.701. The fraction of sp³-hybridized carbons (Fsp3) is 0.115. The van der Waals surface area contributed by atoms with Gasteiger partial charge in [0.15, 0.2) is 5.75 Å². The highest BCUT2D eigenvalue weighted by atomic mass is 35.5. The molecule has 0 aromatic heterocycles. The zero-order valence-corrected chi connectivity index (χ0v) is 22.4. The third-order valence-corrected chi connectivity index (χ3v) is 7.21. The van der Waals surface area contributed by atoms with E-state index in [2.05, 4.69) is 15.5 Å². The molecule has 38 heavy (non-hydrogen) atoms. The number of fused-ring (bicyclic) bond motifs is 1. The number of benzene rings is 4. The Morgan fingerprint density at radius 3 is 2.50 bits per heavy atom. The van der Waals surface area contributed by atoms with Crippen molar-refractivity contribution in [3.05, 3.63) is 81.8 Å². The van der Waals surface area contributed by atoms with Crippen LogP contribution in [0.5, 0.6) is 11.5 Å². The van der Waals surface area contributed by atoms with Crippen molar-refractivity contribution < 1.29 is 27.6 Å². The second kappa shape index (κ2) is 11.0. The number of aryl methyl sites for hydroxylation is 1. The first-order valence-corrected chi connectivity index (χ1v) is 13.4. The SMILES string of the molecule is CCOc1ccc(Cl)cc1NC(=O)c1cc2ccccc2c(N=Nc2cc(C)c(Cl)c(S(=O)(=O)O)c2)c1O. The van der Waals surface area contributed by atoms with Gasteiger partial charge in [0, 0.05) is 10.4 Å². The number of nitrogens with zero attached hydrogens (tertiary/aromatic N) is 2. The number of hydrogen-bond acceptors (Lipinski definition) is 7. The molecule has 0 saturated heterocycles. The fourth-order valence-electron chi connectivity index (χ4n) is 3.73. The van der Waals surface area contributed by atoms with Gasteiger partial charge in [-0.3, -0.25) is 9.35 Å². The molecule has 196 valence electrons. The molecule has 0 fully saturated rings. The molecule has 12 heteroatoms. The summed E-state index contributed by atoms with van der Waals surface area (Å²) in [6.45, 7) is 3.70. The number of azo groups is 1. The summed E-state index contributed by atoms with van der Waals surface area (Å²) in [7, 11) is -4.62. The van der Waals surface area contributed by atoms with Crippen LogP contribution in [0.15, 0.2) is 75.8 Å². The Balaban J connectivity index is 1.80. The highest BCUT2D eigenvalue weighted by Crippen LogP contribution is 2.40. The number of hydrogen-bond donors (Lipinski definition) is 3. The number of carbonyl (C=O) groups is 1. The number of phenolic OH excluding ortho intramolecular Hbond substituents is 1. The minimum Gasteiger partial charge on any atom is -0.505 e. The van der Waals surface area contributed by atoms with Crippen molar-refractivity contribution in [2.75, 3.05) is 11.9 Å². The molecule has 4 aromatic carbocycles. The van der Waals surface area contributed by atoms with Crippen LogP contribution in [0.1, 0.15) is 22.8 Å². The van der Waals surface area contributed by atoms with E-state index in [-0.39, 0.29) is 22.0 Å². The summed E-state index contributed by atoms with van der Waals surface area (Å²) in [5.41, 5.74) is 0.591. The first-order valence-electron chi connectivity index (χ1n) is 11.2. The largest absolute Gasteiger partial charge is 0.505 e. The van der Waals surface area contributed by atoms with E-state index in [1.807, 2.05) is 0 Å². The van der Waals surface area contributed by atoms with E-state index in [9.17, 15) is 22.9 Å². The van der Waals surface area contributed by atoms with Crippen LogP contribution < -0.4 is 10.1 Å². The highest BCUT2D eigenvalue weighted by Gasteiger charge is 2.21. The van der Waals surface area contributed by atoms with E-state index in [4.69, 9.17) is 27.9 Å². The minimum absolute atomic E-state index is 0.0228. The van der Waals surface area contributed by atoms with Crippen molar-refractivity contribution in [2.24, 2.45) is 10.2 Å². The van der Waals surface area contributed by atoms with Gasteiger partial charge in [-0.25, -0.2) is 0 Å². The monoisotopic (exact) mass is 573 g/mol. The molecule has 1 amide bonds. The number of phenols is 1. The molecule has 0 aliphatic rings. The number of rotatable bonds is 7. The first-order chi connectivity index (χ1) is 18.0. The Bertz CT molecular complexity index is 1710. The highest BCUT2D eigenvalue weighted by molar-refractivity contribution is 7.86. The first kappa shape index (κ1) is 27.3. The van der Waals surface area contributed by atoms with Crippen LogP contribution in [-0.4, -0.2) is 30.6 Å². The van der Waals surface area contributed by atoms with Gasteiger partial charge in [-0.05, 0) is 61.2 Å². The number of carbonyl (C=O) groups excluding carboxylic acids is 1. The van der Waals surface area contributed by atoms with Gasteiger partial charge in [0.05, 0.1) is 28.6 Å². The number of halogens is 2. The number of amides is 1. The van der Waals surface area contributed by atoms with Crippen molar-refractivity contribution in [2.45, 2.75) is 18.7 Å². The van der Waals surface area contributed by atoms with E-state index in [0.29, 0.717) is 39.4 Å². The van der Waals surface area contributed by atoms with Crippen molar-refractivity contribution in [1.82, 2.24) is 0 Å². The van der Waals surface area contributed by atoms with Crippen molar-refractivity contribution in [1.29, 1.82) is 0 Å². The standard InChI is InChI=1S/C26H21Cl2N3O6S/c1-3-37-21-9-8-16(27)12-20(21)29-26(33)19-11-15-6-4-5-7-18(15)24(25(19)32)31-30-17-10-14(2)23(28)22(13-17)38(34,35)36/h4-13,32H,3H2,1-2H3,(H,29,33)(H,34,35,36). The quantitative estimate of drug-likeness (QED) is 0.155.